The Bertz CT molecular complexity index is 94.9. The molecule has 2 heteroatoms. The maximum Gasteiger partial charge on any atom is 0.116 e. The summed E-state index contributed by atoms with van der Waals surface area (Å²) in [6.45, 7) is 2.13. The standard InChI is InChI=1S/C7H12ClF/c1-5-2-3-7(9)6(8)4-5/h5-7H,2-4H2,1H3. The number of halogens is 2. The van der Waals surface area contributed by atoms with Gasteiger partial charge in [0.05, 0.1) is 5.38 Å². The number of rotatable bonds is 0. The summed E-state index contributed by atoms with van der Waals surface area (Å²) in [6, 6.07) is 0. The zero-order chi connectivity index (χ0) is 6.85. The summed E-state index contributed by atoms with van der Waals surface area (Å²) in [4.78, 5) is 0. The van der Waals surface area contributed by atoms with E-state index in [0.29, 0.717) is 12.3 Å². The SMILES string of the molecule is CC1CCC(F)C(Cl)C1. The maximum absolute atomic E-state index is 12.6. The summed E-state index contributed by atoms with van der Waals surface area (Å²) in [5.41, 5.74) is 0. The molecular weight excluding hydrogens is 139 g/mol. The van der Waals surface area contributed by atoms with E-state index in [1.54, 1.807) is 0 Å². The average molecular weight is 151 g/mol. The Morgan fingerprint density at radius 2 is 2.11 bits per heavy atom. The van der Waals surface area contributed by atoms with Gasteiger partial charge in [0, 0.05) is 0 Å². The van der Waals surface area contributed by atoms with Crippen LogP contribution in [0.5, 0.6) is 0 Å². The van der Waals surface area contributed by atoms with Crippen LogP contribution in [0.15, 0.2) is 0 Å². The van der Waals surface area contributed by atoms with Crippen LogP contribution in [0, 0.1) is 5.92 Å². The van der Waals surface area contributed by atoms with Crippen LogP contribution in [0.1, 0.15) is 26.2 Å². The van der Waals surface area contributed by atoms with Crippen LogP contribution in [0.2, 0.25) is 0 Å². The number of hydrogen-bond donors (Lipinski definition) is 0. The lowest BCUT2D eigenvalue weighted by Crippen LogP contribution is -2.24. The normalized spacial score (nSPS) is 45.0. The second-order valence-corrected chi connectivity index (χ2v) is 3.51. The first-order valence-corrected chi connectivity index (χ1v) is 3.92. The summed E-state index contributed by atoms with van der Waals surface area (Å²) < 4.78 is 12.6. The zero-order valence-electron chi connectivity index (χ0n) is 5.61. The second kappa shape index (κ2) is 2.87. The Balaban J connectivity index is 2.35. The largest absolute Gasteiger partial charge is 0.246 e. The molecule has 9 heavy (non-hydrogen) atoms. The van der Waals surface area contributed by atoms with Crippen molar-refractivity contribution in [3.63, 3.8) is 0 Å². The summed E-state index contributed by atoms with van der Waals surface area (Å²) >= 11 is 5.69. The monoisotopic (exact) mass is 150 g/mol. The molecule has 1 aliphatic carbocycles. The van der Waals surface area contributed by atoms with E-state index in [0.717, 1.165) is 12.8 Å². The van der Waals surface area contributed by atoms with E-state index in [1.165, 1.54) is 0 Å². The third kappa shape index (κ3) is 1.82. The van der Waals surface area contributed by atoms with Crippen LogP contribution >= 0.6 is 11.6 Å². The van der Waals surface area contributed by atoms with Gasteiger partial charge in [-0.2, -0.15) is 0 Å². The highest BCUT2D eigenvalue weighted by Gasteiger charge is 2.26. The van der Waals surface area contributed by atoms with Crippen LogP contribution in [-0.2, 0) is 0 Å². The molecule has 0 aromatic heterocycles. The first-order valence-electron chi connectivity index (χ1n) is 3.48. The van der Waals surface area contributed by atoms with E-state index in [9.17, 15) is 4.39 Å². The van der Waals surface area contributed by atoms with Gasteiger partial charge in [-0.05, 0) is 25.2 Å². The van der Waals surface area contributed by atoms with E-state index >= 15 is 0 Å². The molecule has 1 aliphatic rings. The van der Waals surface area contributed by atoms with Crippen molar-refractivity contribution < 1.29 is 4.39 Å². The van der Waals surface area contributed by atoms with Crippen LogP contribution in [0.25, 0.3) is 0 Å². The highest BCUT2D eigenvalue weighted by atomic mass is 35.5. The fourth-order valence-corrected chi connectivity index (χ4v) is 1.70. The van der Waals surface area contributed by atoms with Crippen molar-refractivity contribution in [2.75, 3.05) is 0 Å². The van der Waals surface area contributed by atoms with Gasteiger partial charge >= 0.3 is 0 Å². The predicted octanol–water partition coefficient (Wildman–Crippen LogP) is 2.75. The van der Waals surface area contributed by atoms with Gasteiger partial charge < -0.3 is 0 Å². The minimum absolute atomic E-state index is 0.214. The van der Waals surface area contributed by atoms with E-state index in [4.69, 9.17) is 11.6 Å². The predicted molar refractivity (Wildman–Crippen MR) is 37.6 cm³/mol. The molecule has 0 aromatic carbocycles. The zero-order valence-corrected chi connectivity index (χ0v) is 6.37. The Hall–Kier alpha value is 0.220. The van der Waals surface area contributed by atoms with E-state index in [1.807, 2.05) is 0 Å². The molecule has 0 saturated heterocycles. The van der Waals surface area contributed by atoms with Crippen LogP contribution in [-0.4, -0.2) is 11.5 Å². The van der Waals surface area contributed by atoms with Crippen molar-refractivity contribution in [1.29, 1.82) is 0 Å². The maximum atomic E-state index is 12.6. The summed E-state index contributed by atoms with van der Waals surface area (Å²) in [5.74, 6) is 0.625. The molecule has 0 amide bonds. The third-order valence-corrected chi connectivity index (χ3v) is 2.41. The van der Waals surface area contributed by atoms with E-state index < -0.39 is 6.17 Å². The highest BCUT2D eigenvalue weighted by molar-refractivity contribution is 6.21. The average Bonchev–Trinajstić information content (AvgIpc) is 1.80. The van der Waals surface area contributed by atoms with Crippen molar-refractivity contribution in [2.24, 2.45) is 5.92 Å². The molecule has 3 atom stereocenters. The summed E-state index contributed by atoms with van der Waals surface area (Å²) in [6.07, 6.45) is 1.77. The number of hydrogen-bond acceptors (Lipinski definition) is 0. The molecule has 0 heterocycles. The fraction of sp³-hybridized carbons (Fsp3) is 1.00. The topological polar surface area (TPSA) is 0 Å². The van der Waals surface area contributed by atoms with Crippen LogP contribution in [0.4, 0.5) is 4.39 Å². The summed E-state index contributed by atoms with van der Waals surface area (Å²) in [7, 11) is 0. The van der Waals surface area contributed by atoms with Crippen LogP contribution in [0.3, 0.4) is 0 Å². The molecule has 1 fully saturated rings. The highest BCUT2D eigenvalue weighted by Crippen LogP contribution is 2.29. The fourth-order valence-electron chi connectivity index (χ4n) is 1.27. The molecule has 1 saturated carbocycles. The Labute approximate surface area is 60.4 Å². The Morgan fingerprint density at radius 1 is 1.44 bits per heavy atom. The minimum Gasteiger partial charge on any atom is -0.246 e. The molecule has 0 spiro atoms. The number of alkyl halides is 2. The first kappa shape index (κ1) is 7.33. The molecule has 0 radical (unpaired) electrons. The van der Waals surface area contributed by atoms with Gasteiger partial charge in [0.2, 0.25) is 0 Å². The molecule has 3 unspecified atom stereocenters. The lowest BCUT2D eigenvalue weighted by atomic mass is 9.89. The molecule has 0 aromatic rings. The van der Waals surface area contributed by atoms with E-state index in [2.05, 4.69) is 6.92 Å². The van der Waals surface area contributed by atoms with Crippen molar-refractivity contribution in [2.45, 2.75) is 37.7 Å². The Morgan fingerprint density at radius 3 is 2.56 bits per heavy atom. The van der Waals surface area contributed by atoms with Crippen LogP contribution < -0.4 is 0 Å². The molecule has 0 nitrogen and oxygen atoms in total. The quantitative estimate of drug-likeness (QED) is 0.466. The van der Waals surface area contributed by atoms with Gasteiger partial charge in [0.1, 0.15) is 6.17 Å². The second-order valence-electron chi connectivity index (χ2n) is 2.95. The molecule has 0 N–H and O–H groups in total. The van der Waals surface area contributed by atoms with Gasteiger partial charge in [0.15, 0.2) is 0 Å². The molecular formula is C7H12ClF. The smallest absolute Gasteiger partial charge is 0.116 e. The summed E-state index contributed by atoms with van der Waals surface area (Å²) in [5, 5.41) is -0.214. The van der Waals surface area contributed by atoms with Gasteiger partial charge in [0.25, 0.3) is 0 Å². The van der Waals surface area contributed by atoms with E-state index in [-0.39, 0.29) is 5.38 Å². The first-order chi connectivity index (χ1) is 4.20. The minimum atomic E-state index is -0.747. The lowest BCUT2D eigenvalue weighted by molar-refractivity contribution is 0.221. The Kier molecular flexibility index (Phi) is 2.34. The molecule has 1 rings (SSSR count). The molecule has 54 valence electrons. The molecule has 0 aliphatic heterocycles. The van der Waals surface area contributed by atoms with Crippen molar-refractivity contribution in [1.82, 2.24) is 0 Å². The van der Waals surface area contributed by atoms with Gasteiger partial charge in [-0.15, -0.1) is 11.6 Å². The van der Waals surface area contributed by atoms with Gasteiger partial charge in [-0.1, -0.05) is 6.92 Å². The lowest BCUT2D eigenvalue weighted by Gasteiger charge is -2.25. The van der Waals surface area contributed by atoms with Gasteiger partial charge in [-0.3, -0.25) is 0 Å². The third-order valence-electron chi connectivity index (χ3n) is 1.96. The van der Waals surface area contributed by atoms with Crippen molar-refractivity contribution >= 4 is 11.6 Å². The van der Waals surface area contributed by atoms with Crippen molar-refractivity contribution in [3.8, 4) is 0 Å². The van der Waals surface area contributed by atoms with Crippen molar-refractivity contribution in [3.05, 3.63) is 0 Å². The molecule has 0 bridgehead atoms. The van der Waals surface area contributed by atoms with Gasteiger partial charge in [-0.25, -0.2) is 4.39 Å².